The first-order chi connectivity index (χ1) is 13.0. The zero-order chi connectivity index (χ0) is 19.0. The van der Waals surface area contributed by atoms with E-state index >= 15 is 0 Å². The first kappa shape index (κ1) is 16.5. The molecule has 0 bridgehead atoms. The molecule has 27 heavy (non-hydrogen) atoms. The van der Waals surface area contributed by atoms with Crippen LogP contribution in [0.1, 0.15) is 5.69 Å². The molecule has 4 rings (SSSR count). The lowest BCUT2D eigenvalue weighted by atomic mass is 10.1. The number of nitrogens with zero attached hydrogens (tertiary/aromatic N) is 4. The highest BCUT2D eigenvalue weighted by Crippen LogP contribution is 2.18. The third-order valence-corrected chi connectivity index (χ3v) is 4.26. The van der Waals surface area contributed by atoms with Gasteiger partial charge < -0.3 is 16.0 Å². The first-order valence-corrected chi connectivity index (χ1v) is 8.21. The van der Waals surface area contributed by atoms with Crippen LogP contribution >= 0.6 is 0 Å². The Morgan fingerprint density at radius 1 is 0.963 bits per heavy atom. The molecule has 0 saturated carbocycles. The van der Waals surface area contributed by atoms with Crippen LogP contribution in [-0.4, -0.2) is 20.2 Å². The molecule has 0 aliphatic carbocycles. The summed E-state index contributed by atoms with van der Waals surface area (Å²) in [6.07, 6.45) is 4.89. The van der Waals surface area contributed by atoms with Crippen molar-refractivity contribution in [3.8, 4) is 0 Å². The number of aromatic nitrogens is 3. The van der Waals surface area contributed by atoms with E-state index in [9.17, 15) is 9.59 Å². The maximum Gasteiger partial charge on any atom is 0.278 e. The fraction of sp³-hybridized carbons (Fsp3) is 0.0526. The molecule has 1 aromatic carbocycles. The highest BCUT2D eigenvalue weighted by molar-refractivity contribution is 5.97. The van der Waals surface area contributed by atoms with Gasteiger partial charge in [-0.25, -0.2) is 4.68 Å². The fourth-order valence-electron chi connectivity index (χ4n) is 3.01. The number of hydrogen-bond donors (Lipinski definition) is 2. The van der Waals surface area contributed by atoms with Gasteiger partial charge in [0.25, 0.3) is 11.1 Å². The molecular weight excluding hydrogens is 344 g/mol. The van der Waals surface area contributed by atoms with E-state index < -0.39 is 5.56 Å². The number of nitrogens with two attached hydrogens (primary N) is 2. The second-order valence-corrected chi connectivity index (χ2v) is 6.09. The van der Waals surface area contributed by atoms with Crippen molar-refractivity contribution < 1.29 is 0 Å². The second-order valence-electron chi connectivity index (χ2n) is 6.09. The van der Waals surface area contributed by atoms with Gasteiger partial charge in [-0.2, -0.15) is 0 Å². The summed E-state index contributed by atoms with van der Waals surface area (Å²) >= 11 is 0. The van der Waals surface area contributed by atoms with Crippen molar-refractivity contribution in [2.24, 2.45) is 16.6 Å². The standard InChI is InChI=1S/C19H16N6O2/c20-19(21)23-25-8-5-13-9-12-4-7-24(11-14-3-1-2-6-22-14)17(26)15(12)10-16(13)18(25)27/h1-10H,11H2,(H4,20,21,23). The number of rotatable bonds is 3. The van der Waals surface area contributed by atoms with Crippen LogP contribution in [0.2, 0.25) is 0 Å². The Hall–Kier alpha value is -3.94. The molecule has 0 amide bonds. The zero-order valence-electron chi connectivity index (χ0n) is 14.2. The molecule has 0 unspecified atom stereocenters. The molecule has 3 aromatic heterocycles. The summed E-state index contributed by atoms with van der Waals surface area (Å²) in [6, 6.07) is 12.5. The Labute approximate surface area is 153 Å². The van der Waals surface area contributed by atoms with Gasteiger partial charge in [-0.3, -0.25) is 14.6 Å². The monoisotopic (exact) mass is 360 g/mol. The van der Waals surface area contributed by atoms with Gasteiger partial charge in [-0.1, -0.05) is 6.07 Å². The topological polar surface area (TPSA) is 121 Å². The molecular formula is C19H16N6O2. The van der Waals surface area contributed by atoms with Crippen LogP contribution in [0.3, 0.4) is 0 Å². The van der Waals surface area contributed by atoms with Gasteiger partial charge in [0.1, 0.15) is 0 Å². The normalized spacial score (nSPS) is 11.0. The molecule has 0 atom stereocenters. The van der Waals surface area contributed by atoms with E-state index in [4.69, 9.17) is 11.5 Å². The van der Waals surface area contributed by atoms with Gasteiger partial charge in [0.05, 0.1) is 12.2 Å². The molecule has 0 aliphatic heterocycles. The number of fused-ring (bicyclic) bond motifs is 2. The van der Waals surface area contributed by atoms with Crippen molar-refractivity contribution >= 4 is 27.5 Å². The third kappa shape index (κ3) is 3.04. The summed E-state index contributed by atoms with van der Waals surface area (Å²) in [5.74, 6) is -0.227. The SMILES string of the molecule is NC(N)=Nn1ccc2cc3ccn(Cc4ccccn4)c(=O)c3cc2c1=O. The van der Waals surface area contributed by atoms with Crippen LogP contribution in [0.25, 0.3) is 21.5 Å². The third-order valence-electron chi connectivity index (χ3n) is 4.26. The maximum absolute atomic E-state index is 12.9. The van der Waals surface area contributed by atoms with E-state index in [2.05, 4.69) is 10.1 Å². The van der Waals surface area contributed by atoms with Gasteiger partial charge in [0.2, 0.25) is 5.96 Å². The van der Waals surface area contributed by atoms with Gasteiger partial charge in [0.15, 0.2) is 0 Å². The van der Waals surface area contributed by atoms with E-state index in [1.165, 1.54) is 6.20 Å². The molecule has 0 spiro atoms. The Morgan fingerprint density at radius 3 is 2.41 bits per heavy atom. The van der Waals surface area contributed by atoms with Crippen molar-refractivity contribution in [2.45, 2.75) is 6.54 Å². The average Bonchev–Trinajstić information content (AvgIpc) is 2.66. The van der Waals surface area contributed by atoms with Crippen LogP contribution in [0.15, 0.2) is 75.7 Å². The Morgan fingerprint density at radius 2 is 1.70 bits per heavy atom. The highest BCUT2D eigenvalue weighted by Gasteiger charge is 2.09. The summed E-state index contributed by atoms with van der Waals surface area (Å²) in [7, 11) is 0. The molecule has 8 nitrogen and oxygen atoms in total. The van der Waals surface area contributed by atoms with Crippen LogP contribution in [0.5, 0.6) is 0 Å². The van der Waals surface area contributed by atoms with Gasteiger partial charge in [-0.15, -0.1) is 5.10 Å². The van der Waals surface area contributed by atoms with Crippen molar-refractivity contribution in [3.05, 3.63) is 87.5 Å². The number of hydrogen-bond acceptors (Lipinski definition) is 4. The van der Waals surface area contributed by atoms with E-state index in [-0.39, 0.29) is 11.5 Å². The first-order valence-electron chi connectivity index (χ1n) is 8.21. The number of guanidine groups is 1. The van der Waals surface area contributed by atoms with E-state index in [0.29, 0.717) is 22.7 Å². The average molecular weight is 360 g/mol. The van der Waals surface area contributed by atoms with Crippen LogP contribution in [0.4, 0.5) is 0 Å². The largest absolute Gasteiger partial charge is 0.369 e. The predicted molar refractivity (Wildman–Crippen MR) is 105 cm³/mol. The summed E-state index contributed by atoms with van der Waals surface area (Å²) in [5, 5.41) is 6.04. The summed E-state index contributed by atoms with van der Waals surface area (Å²) in [5.41, 5.74) is 10.9. The maximum atomic E-state index is 12.9. The quantitative estimate of drug-likeness (QED) is 0.318. The predicted octanol–water partition coefficient (Wildman–Crippen LogP) is 0.796. The lowest BCUT2D eigenvalue weighted by Crippen LogP contribution is -2.27. The molecule has 134 valence electrons. The summed E-state index contributed by atoms with van der Waals surface area (Å²) in [4.78, 5) is 29.8. The van der Waals surface area contributed by atoms with E-state index in [1.54, 1.807) is 35.2 Å². The Kier molecular flexibility index (Phi) is 3.92. The molecule has 0 fully saturated rings. The highest BCUT2D eigenvalue weighted by atomic mass is 16.1. The molecule has 3 heterocycles. The minimum Gasteiger partial charge on any atom is -0.369 e. The van der Waals surface area contributed by atoms with E-state index in [1.807, 2.05) is 24.3 Å². The van der Waals surface area contributed by atoms with Gasteiger partial charge in [-0.05, 0) is 47.2 Å². The number of benzene rings is 1. The molecule has 0 aliphatic rings. The van der Waals surface area contributed by atoms with Crippen LogP contribution in [-0.2, 0) is 6.54 Å². The molecule has 0 radical (unpaired) electrons. The van der Waals surface area contributed by atoms with Crippen molar-refractivity contribution in [2.75, 3.05) is 0 Å². The van der Waals surface area contributed by atoms with Crippen LogP contribution in [0, 0.1) is 0 Å². The molecule has 8 heteroatoms. The molecule has 4 N–H and O–H groups in total. The van der Waals surface area contributed by atoms with Gasteiger partial charge >= 0.3 is 0 Å². The lowest BCUT2D eigenvalue weighted by Gasteiger charge is -2.08. The van der Waals surface area contributed by atoms with Gasteiger partial charge in [0, 0.05) is 29.4 Å². The van der Waals surface area contributed by atoms with E-state index in [0.717, 1.165) is 15.8 Å². The summed E-state index contributed by atoms with van der Waals surface area (Å²) in [6.45, 7) is 0.348. The Balaban J connectivity index is 1.92. The molecule has 0 saturated heterocycles. The van der Waals surface area contributed by atoms with Crippen LogP contribution < -0.4 is 22.6 Å². The fourth-order valence-corrected chi connectivity index (χ4v) is 3.01. The number of pyridine rings is 3. The van der Waals surface area contributed by atoms with Crippen molar-refractivity contribution in [1.29, 1.82) is 0 Å². The zero-order valence-corrected chi connectivity index (χ0v) is 14.2. The summed E-state index contributed by atoms with van der Waals surface area (Å²) < 4.78 is 2.62. The smallest absolute Gasteiger partial charge is 0.278 e. The lowest BCUT2D eigenvalue weighted by molar-refractivity contribution is 0.747. The minimum absolute atomic E-state index is 0.198. The Bertz CT molecular complexity index is 1300. The molecule has 4 aromatic rings. The van der Waals surface area contributed by atoms with Crippen molar-refractivity contribution in [3.63, 3.8) is 0 Å². The van der Waals surface area contributed by atoms with Crippen molar-refractivity contribution in [1.82, 2.24) is 14.2 Å². The minimum atomic E-state index is -0.401. The second kappa shape index (κ2) is 6.41.